The van der Waals surface area contributed by atoms with E-state index in [1.54, 1.807) is 12.1 Å². The summed E-state index contributed by atoms with van der Waals surface area (Å²) in [5, 5.41) is 2.55. The Hall–Kier alpha value is -2.00. The first-order chi connectivity index (χ1) is 11.5. The summed E-state index contributed by atoms with van der Waals surface area (Å²) in [5.74, 6) is 0. The minimum Gasteiger partial charge on any atom is -0.282 e. The SMILES string of the molecule is O=S(=O)(O)c1ccc(CP(c2ccccc2)c2ccccc2)cc1. The predicted octanol–water partition coefficient (Wildman–Crippen LogP) is 3.57. The van der Waals surface area contributed by atoms with Gasteiger partial charge in [-0.1, -0.05) is 72.8 Å². The maximum Gasteiger partial charge on any atom is 0.294 e. The van der Waals surface area contributed by atoms with Crippen molar-refractivity contribution in [2.24, 2.45) is 0 Å². The monoisotopic (exact) mass is 356 g/mol. The van der Waals surface area contributed by atoms with Crippen molar-refractivity contribution in [2.45, 2.75) is 11.1 Å². The average Bonchev–Trinajstić information content (AvgIpc) is 2.61. The molecule has 5 heteroatoms. The molecule has 0 unspecified atom stereocenters. The van der Waals surface area contributed by atoms with Crippen LogP contribution in [-0.4, -0.2) is 13.0 Å². The molecule has 1 N–H and O–H groups in total. The van der Waals surface area contributed by atoms with Crippen molar-refractivity contribution < 1.29 is 13.0 Å². The molecule has 0 amide bonds. The van der Waals surface area contributed by atoms with E-state index in [4.69, 9.17) is 4.55 Å². The Morgan fingerprint density at radius 2 is 1.17 bits per heavy atom. The number of rotatable bonds is 5. The molecule has 0 bridgehead atoms. The molecular weight excluding hydrogens is 339 g/mol. The first-order valence-corrected chi connectivity index (χ1v) is 10.4. The van der Waals surface area contributed by atoms with E-state index in [1.807, 2.05) is 36.4 Å². The molecule has 0 spiro atoms. The molecule has 0 heterocycles. The fourth-order valence-corrected chi connectivity index (χ4v) is 5.28. The molecule has 0 aliphatic rings. The van der Waals surface area contributed by atoms with E-state index in [0.717, 1.165) is 11.7 Å². The minimum absolute atomic E-state index is 0.0741. The van der Waals surface area contributed by atoms with E-state index >= 15 is 0 Å². The smallest absolute Gasteiger partial charge is 0.282 e. The van der Waals surface area contributed by atoms with Crippen LogP contribution in [0.4, 0.5) is 0 Å². The van der Waals surface area contributed by atoms with Gasteiger partial charge in [-0.05, 0) is 36.2 Å². The van der Waals surface area contributed by atoms with Gasteiger partial charge in [0.2, 0.25) is 0 Å². The summed E-state index contributed by atoms with van der Waals surface area (Å²) in [6.45, 7) is 0. The van der Waals surface area contributed by atoms with Gasteiger partial charge in [-0.3, -0.25) is 4.55 Å². The van der Waals surface area contributed by atoms with E-state index in [1.165, 1.54) is 22.7 Å². The molecule has 3 aromatic rings. The minimum atomic E-state index is -4.15. The Morgan fingerprint density at radius 3 is 1.58 bits per heavy atom. The molecule has 0 aliphatic carbocycles. The Labute approximate surface area is 143 Å². The van der Waals surface area contributed by atoms with Crippen LogP contribution in [0.5, 0.6) is 0 Å². The average molecular weight is 356 g/mol. The highest BCUT2D eigenvalue weighted by molar-refractivity contribution is 7.85. The third kappa shape index (κ3) is 4.09. The Kier molecular flexibility index (Phi) is 5.10. The van der Waals surface area contributed by atoms with Crippen molar-refractivity contribution in [1.29, 1.82) is 0 Å². The number of hydrogen-bond donors (Lipinski definition) is 1. The normalized spacial score (nSPS) is 11.6. The summed E-state index contributed by atoms with van der Waals surface area (Å²) in [4.78, 5) is -0.0741. The fraction of sp³-hybridized carbons (Fsp3) is 0.0526. The van der Waals surface area contributed by atoms with Crippen LogP contribution in [-0.2, 0) is 16.3 Å². The maximum atomic E-state index is 11.2. The summed E-state index contributed by atoms with van der Waals surface area (Å²) in [6.07, 6.45) is 0.815. The molecular formula is C19H17O3PS. The third-order valence-electron chi connectivity index (χ3n) is 3.70. The highest BCUT2D eigenvalue weighted by atomic mass is 32.2. The summed E-state index contributed by atoms with van der Waals surface area (Å²) >= 11 is 0. The van der Waals surface area contributed by atoms with Crippen LogP contribution in [0.2, 0.25) is 0 Å². The molecule has 3 aromatic carbocycles. The predicted molar refractivity (Wildman–Crippen MR) is 99.0 cm³/mol. The van der Waals surface area contributed by atoms with E-state index in [2.05, 4.69) is 24.3 Å². The zero-order valence-electron chi connectivity index (χ0n) is 12.9. The zero-order chi connectivity index (χ0) is 17.0. The fourth-order valence-electron chi connectivity index (χ4n) is 2.50. The van der Waals surface area contributed by atoms with Crippen LogP contribution in [0.25, 0.3) is 0 Å². The molecule has 0 aromatic heterocycles. The van der Waals surface area contributed by atoms with Crippen molar-refractivity contribution >= 4 is 28.6 Å². The quantitative estimate of drug-likeness (QED) is 0.562. The van der Waals surface area contributed by atoms with Gasteiger partial charge in [0.15, 0.2) is 0 Å². The van der Waals surface area contributed by atoms with Crippen LogP contribution < -0.4 is 10.6 Å². The Bertz CT molecular complexity index is 853. The first-order valence-electron chi connectivity index (χ1n) is 7.48. The van der Waals surface area contributed by atoms with Crippen LogP contribution in [0.3, 0.4) is 0 Å². The van der Waals surface area contributed by atoms with Gasteiger partial charge in [-0.2, -0.15) is 8.42 Å². The molecule has 0 radical (unpaired) electrons. The van der Waals surface area contributed by atoms with Gasteiger partial charge in [-0.15, -0.1) is 0 Å². The van der Waals surface area contributed by atoms with Gasteiger partial charge in [0.1, 0.15) is 0 Å². The standard InChI is InChI=1S/C19H17O3PS/c20-24(21,22)19-13-11-16(12-14-19)15-23(17-7-3-1-4-8-17)18-9-5-2-6-10-18/h1-14H,15H2,(H,20,21,22). The van der Waals surface area contributed by atoms with Gasteiger partial charge in [-0.25, -0.2) is 0 Å². The summed E-state index contributed by atoms with van der Waals surface area (Å²) in [7, 11) is -4.72. The molecule has 0 saturated carbocycles. The highest BCUT2D eigenvalue weighted by Gasteiger charge is 2.15. The molecule has 3 rings (SSSR count). The lowest BCUT2D eigenvalue weighted by Gasteiger charge is -2.19. The van der Waals surface area contributed by atoms with Crippen molar-refractivity contribution in [3.8, 4) is 0 Å². The first kappa shape index (κ1) is 16.8. The molecule has 0 saturated heterocycles. The van der Waals surface area contributed by atoms with Gasteiger partial charge >= 0.3 is 0 Å². The van der Waals surface area contributed by atoms with Gasteiger partial charge in [0, 0.05) is 6.16 Å². The second kappa shape index (κ2) is 7.27. The van der Waals surface area contributed by atoms with E-state index in [0.29, 0.717) is 0 Å². The van der Waals surface area contributed by atoms with Crippen molar-refractivity contribution in [3.05, 3.63) is 90.5 Å². The summed E-state index contributed by atoms with van der Waals surface area (Å²) < 4.78 is 31.4. The zero-order valence-corrected chi connectivity index (χ0v) is 14.6. The second-order valence-electron chi connectivity index (χ2n) is 5.38. The molecule has 122 valence electrons. The van der Waals surface area contributed by atoms with Crippen LogP contribution in [0, 0.1) is 0 Å². The van der Waals surface area contributed by atoms with Crippen molar-refractivity contribution in [1.82, 2.24) is 0 Å². The largest absolute Gasteiger partial charge is 0.294 e. The summed E-state index contributed by atoms with van der Waals surface area (Å²) in [6, 6.07) is 27.1. The lowest BCUT2D eigenvalue weighted by molar-refractivity contribution is 0.483. The van der Waals surface area contributed by atoms with E-state index in [9.17, 15) is 8.42 Å². The van der Waals surface area contributed by atoms with Gasteiger partial charge in [0.25, 0.3) is 10.1 Å². The number of benzene rings is 3. The van der Waals surface area contributed by atoms with Crippen molar-refractivity contribution in [3.63, 3.8) is 0 Å². The molecule has 0 atom stereocenters. The Balaban J connectivity index is 1.93. The maximum absolute atomic E-state index is 11.2. The van der Waals surface area contributed by atoms with Gasteiger partial charge < -0.3 is 0 Å². The number of hydrogen-bond acceptors (Lipinski definition) is 2. The van der Waals surface area contributed by atoms with Crippen molar-refractivity contribution in [2.75, 3.05) is 0 Å². The molecule has 0 aliphatic heterocycles. The topological polar surface area (TPSA) is 54.4 Å². The van der Waals surface area contributed by atoms with Crippen LogP contribution in [0.15, 0.2) is 89.8 Å². The Morgan fingerprint density at radius 1 is 0.708 bits per heavy atom. The lowest BCUT2D eigenvalue weighted by atomic mass is 10.2. The molecule has 3 nitrogen and oxygen atoms in total. The van der Waals surface area contributed by atoms with E-state index in [-0.39, 0.29) is 4.90 Å². The van der Waals surface area contributed by atoms with E-state index < -0.39 is 18.0 Å². The molecule has 24 heavy (non-hydrogen) atoms. The van der Waals surface area contributed by atoms with Gasteiger partial charge in [0.05, 0.1) is 4.90 Å². The lowest BCUT2D eigenvalue weighted by Crippen LogP contribution is -2.13. The summed E-state index contributed by atoms with van der Waals surface area (Å²) in [5.41, 5.74) is 1.04. The third-order valence-corrected chi connectivity index (χ3v) is 7.09. The van der Waals surface area contributed by atoms with Crippen LogP contribution in [0.1, 0.15) is 5.56 Å². The highest BCUT2D eigenvalue weighted by Crippen LogP contribution is 2.37. The molecule has 0 fully saturated rings. The second-order valence-corrected chi connectivity index (χ2v) is 9.00. The van der Waals surface area contributed by atoms with Crippen LogP contribution >= 0.6 is 7.92 Å².